The zero-order chi connectivity index (χ0) is 18.7. The second-order valence-corrected chi connectivity index (χ2v) is 7.18. The number of benzene rings is 2. The Morgan fingerprint density at radius 2 is 1.85 bits per heavy atom. The Kier molecular flexibility index (Phi) is 5.09. The van der Waals surface area contributed by atoms with Gasteiger partial charge in [0.15, 0.2) is 0 Å². The van der Waals surface area contributed by atoms with Gasteiger partial charge in [0.2, 0.25) is 0 Å². The normalized spacial score (nSPS) is 11.9. The molecule has 1 atom stereocenters. The van der Waals surface area contributed by atoms with Crippen LogP contribution in [0.3, 0.4) is 0 Å². The molecule has 0 spiro atoms. The highest BCUT2D eigenvalue weighted by atomic mass is 32.2. The lowest BCUT2D eigenvalue weighted by molar-refractivity contribution is 0.0698. The summed E-state index contributed by atoms with van der Waals surface area (Å²) in [6.45, 7) is 0. The number of amides is 1. The predicted octanol–water partition coefficient (Wildman–Crippen LogP) is 3.06. The van der Waals surface area contributed by atoms with Crippen LogP contribution in [-0.2, 0) is 16.6 Å². The van der Waals surface area contributed by atoms with Gasteiger partial charge in [-0.15, -0.1) is 0 Å². The van der Waals surface area contributed by atoms with E-state index in [4.69, 9.17) is 0 Å². The van der Waals surface area contributed by atoms with E-state index in [1.165, 1.54) is 6.20 Å². The maximum Gasteiger partial charge on any atom is 0.337 e. The van der Waals surface area contributed by atoms with Crippen LogP contribution < -0.4 is 5.32 Å². The molecule has 26 heavy (non-hydrogen) atoms. The second kappa shape index (κ2) is 7.45. The molecule has 1 unspecified atom stereocenters. The standard InChI is InChI=1S/C19H16N2O4S/c1-26(25)11-12-5-4-6-13(9-12)18(22)21-17-15-8-3-2-7-14(15)16(10-20-17)19(23)24/h2-10H,11H2,1H3,(H,23,24)(H,20,21,22). The Labute approximate surface area is 152 Å². The minimum atomic E-state index is -1.08. The van der Waals surface area contributed by atoms with E-state index < -0.39 is 16.8 Å². The number of nitrogens with zero attached hydrogens (tertiary/aromatic N) is 1. The number of carbonyl (C=O) groups excluding carboxylic acids is 1. The highest BCUT2D eigenvalue weighted by Crippen LogP contribution is 2.25. The number of hydrogen-bond donors (Lipinski definition) is 2. The first-order chi connectivity index (χ1) is 12.5. The van der Waals surface area contributed by atoms with E-state index in [1.807, 2.05) is 6.07 Å². The first-order valence-corrected chi connectivity index (χ1v) is 9.50. The molecule has 0 saturated heterocycles. The number of nitrogens with one attached hydrogen (secondary N) is 1. The molecule has 0 saturated carbocycles. The molecule has 0 aliphatic carbocycles. The lowest BCUT2D eigenvalue weighted by Crippen LogP contribution is -2.14. The number of aromatic carboxylic acids is 1. The second-order valence-electron chi connectivity index (χ2n) is 5.74. The minimum absolute atomic E-state index is 0.0750. The van der Waals surface area contributed by atoms with E-state index in [9.17, 15) is 18.9 Å². The van der Waals surface area contributed by atoms with Crippen LogP contribution in [0.25, 0.3) is 10.8 Å². The largest absolute Gasteiger partial charge is 0.478 e. The molecule has 7 heteroatoms. The number of anilines is 1. The molecule has 0 fully saturated rings. The molecular formula is C19H16N2O4S. The van der Waals surface area contributed by atoms with Crippen molar-refractivity contribution in [3.8, 4) is 0 Å². The first-order valence-electron chi connectivity index (χ1n) is 7.77. The molecule has 3 aromatic rings. The van der Waals surface area contributed by atoms with E-state index in [2.05, 4.69) is 10.3 Å². The summed E-state index contributed by atoms with van der Waals surface area (Å²) < 4.78 is 11.4. The van der Waals surface area contributed by atoms with Gasteiger partial charge >= 0.3 is 5.97 Å². The van der Waals surface area contributed by atoms with Crippen LogP contribution >= 0.6 is 0 Å². The summed E-state index contributed by atoms with van der Waals surface area (Å²) in [7, 11) is -1.00. The van der Waals surface area contributed by atoms with Crippen molar-refractivity contribution in [1.29, 1.82) is 0 Å². The van der Waals surface area contributed by atoms with Crippen LogP contribution in [0.1, 0.15) is 26.3 Å². The molecule has 6 nitrogen and oxygen atoms in total. The van der Waals surface area contributed by atoms with Gasteiger partial charge in [-0.2, -0.15) is 0 Å². The van der Waals surface area contributed by atoms with Gasteiger partial charge in [0.1, 0.15) is 5.82 Å². The smallest absolute Gasteiger partial charge is 0.337 e. The third-order valence-corrected chi connectivity index (χ3v) is 4.56. The summed E-state index contributed by atoms with van der Waals surface area (Å²) in [5.41, 5.74) is 1.30. The molecule has 1 amide bonds. The summed E-state index contributed by atoms with van der Waals surface area (Å²) in [4.78, 5) is 28.0. The van der Waals surface area contributed by atoms with Gasteiger partial charge in [0.05, 0.1) is 5.56 Å². The fraction of sp³-hybridized carbons (Fsp3) is 0.105. The van der Waals surface area contributed by atoms with Crippen molar-refractivity contribution >= 4 is 39.3 Å². The Hall–Kier alpha value is -3.06. The average Bonchev–Trinajstić information content (AvgIpc) is 2.61. The van der Waals surface area contributed by atoms with Gasteiger partial charge in [-0.3, -0.25) is 9.00 Å². The van der Waals surface area contributed by atoms with Gasteiger partial charge in [-0.1, -0.05) is 36.4 Å². The van der Waals surface area contributed by atoms with Crippen molar-refractivity contribution < 1.29 is 18.9 Å². The van der Waals surface area contributed by atoms with Gasteiger partial charge in [-0.25, -0.2) is 9.78 Å². The number of pyridine rings is 1. The van der Waals surface area contributed by atoms with Crippen molar-refractivity contribution in [3.63, 3.8) is 0 Å². The Bertz CT molecular complexity index is 1030. The Morgan fingerprint density at radius 1 is 1.12 bits per heavy atom. The molecule has 1 heterocycles. The Morgan fingerprint density at radius 3 is 2.54 bits per heavy atom. The summed E-state index contributed by atoms with van der Waals surface area (Å²) in [5.74, 6) is -0.781. The number of rotatable bonds is 5. The van der Waals surface area contributed by atoms with Gasteiger partial charge in [0, 0.05) is 45.3 Å². The molecule has 2 N–H and O–H groups in total. The Balaban J connectivity index is 1.94. The number of fused-ring (bicyclic) bond motifs is 1. The summed E-state index contributed by atoms with van der Waals surface area (Å²) in [5, 5.41) is 13.1. The van der Waals surface area contributed by atoms with Gasteiger partial charge in [0.25, 0.3) is 5.91 Å². The minimum Gasteiger partial charge on any atom is -0.478 e. The molecule has 3 rings (SSSR count). The molecule has 0 radical (unpaired) electrons. The van der Waals surface area contributed by atoms with Crippen LogP contribution in [0.15, 0.2) is 54.7 Å². The number of carbonyl (C=O) groups is 2. The highest BCUT2D eigenvalue weighted by molar-refractivity contribution is 7.83. The van der Waals surface area contributed by atoms with E-state index in [1.54, 1.807) is 48.7 Å². The quantitative estimate of drug-likeness (QED) is 0.721. The molecule has 132 valence electrons. The number of carboxylic acids is 1. The van der Waals surface area contributed by atoms with E-state index >= 15 is 0 Å². The van der Waals surface area contributed by atoms with E-state index in [0.717, 1.165) is 5.56 Å². The molecule has 0 bridgehead atoms. The topological polar surface area (TPSA) is 96.4 Å². The van der Waals surface area contributed by atoms with Crippen molar-refractivity contribution in [2.75, 3.05) is 11.6 Å². The van der Waals surface area contributed by atoms with Crippen LogP contribution in [0.2, 0.25) is 0 Å². The molecule has 0 aliphatic rings. The molecule has 0 aliphatic heterocycles. The summed E-state index contributed by atoms with van der Waals surface area (Å²) in [6.07, 6.45) is 2.84. The SMILES string of the molecule is CS(=O)Cc1cccc(C(=O)Nc2ncc(C(=O)O)c3ccccc23)c1. The summed E-state index contributed by atoms with van der Waals surface area (Å²) >= 11 is 0. The first kappa shape index (κ1) is 17.8. The van der Waals surface area contributed by atoms with Crippen LogP contribution in [0, 0.1) is 0 Å². The number of aromatic nitrogens is 1. The van der Waals surface area contributed by atoms with Crippen molar-refractivity contribution in [3.05, 3.63) is 71.4 Å². The maximum atomic E-state index is 12.6. The van der Waals surface area contributed by atoms with Gasteiger partial charge in [-0.05, 0) is 17.7 Å². The van der Waals surface area contributed by atoms with Crippen molar-refractivity contribution in [2.24, 2.45) is 0 Å². The zero-order valence-electron chi connectivity index (χ0n) is 13.9. The number of hydrogen-bond acceptors (Lipinski definition) is 4. The van der Waals surface area contributed by atoms with E-state index in [-0.39, 0.29) is 11.5 Å². The van der Waals surface area contributed by atoms with Crippen molar-refractivity contribution in [2.45, 2.75) is 5.75 Å². The highest BCUT2D eigenvalue weighted by Gasteiger charge is 2.15. The molecule has 1 aromatic heterocycles. The fourth-order valence-corrected chi connectivity index (χ4v) is 3.33. The molecule has 2 aromatic carbocycles. The predicted molar refractivity (Wildman–Crippen MR) is 101 cm³/mol. The van der Waals surface area contributed by atoms with Crippen molar-refractivity contribution in [1.82, 2.24) is 4.98 Å². The van der Waals surface area contributed by atoms with Crippen LogP contribution in [0.5, 0.6) is 0 Å². The zero-order valence-corrected chi connectivity index (χ0v) is 14.7. The third-order valence-electron chi connectivity index (χ3n) is 3.82. The lowest BCUT2D eigenvalue weighted by Gasteiger charge is -2.10. The van der Waals surface area contributed by atoms with Gasteiger partial charge < -0.3 is 10.4 Å². The summed E-state index contributed by atoms with van der Waals surface area (Å²) in [6, 6.07) is 13.8. The molecular weight excluding hydrogens is 352 g/mol. The maximum absolute atomic E-state index is 12.6. The average molecular weight is 368 g/mol. The monoisotopic (exact) mass is 368 g/mol. The van der Waals surface area contributed by atoms with E-state index in [0.29, 0.717) is 27.9 Å². The fourth-order valence-electron chi connectivity index (χ4n) is 2.68. The van der Waals surface area contributed by atoms with Crippen LogP contribution in [0.4, 0.5) is 5.82 Å². The number of carboxylic acid groups (broad SMARTS) is 1. The van der Waals surface area contributed by atoms with Crippen LogP contribution in [-0.4, -0.2) is 32.4 Å². The third kappa shape index (κ3) is 3.78. The lowest BCUT2D eigenvalue weighted by atomic mass is 10.1.